The maximum atomic E-state index is 9.55. The molecular formula is C6H10N3O7P3. The van der Waals surface area contributed by atoms with Crippen LogP contribution in [-0.2, 0) is 0 Å². The molecule has 0 aromatic heterocycles. The summed E-state index contributed by atoms with van der Waals surface area (Å²) in [6.45, 7) is 0. The first-order valence-corrected chi connectivity index (χ1v) is 7.97. The van der Waals surface area contributed by atoms with Crippen molar-refractivity contribution < 1.29 is 35.2 Å². The monoisotopic (exact) mass is 329 g/mol. The molecule has 13 heteroatoms. The van der Waals surface area contributed by atoms with Gasteiger partial charge in [-0.15, -0.1) is 0 Å². The lowest BCUT2D eigenvalue weighted by Crippen LogP contribution is -2.27. The molecule has 0 spiro atoms. The van der Waals surface area contributed by atoms with Crippen molar-refractivity contribution in [2.45, 2.75) is 0 Å². The number of hydrogen-bond donors (Lipinski definition) is 7. The zero-order valence-electron chi connectivity index (χ0n) is 9.04. The molecule has 106 valence electrons. The molecule has 1 saturated heterocycles. The highest BCUT2D eigenvalue weighted by Gasteiger charge is 2.37. The van der Waals surface area contributed by atoms with Gasteiger partial charge in [0, 0.05) is 0 Å². The summed E-state index contributed by atoms with van der Waals surface area (Å²) in [7, 11) is -4.68. The molecule has 0 bridgehead atoms. The summed E-state index contributed by atoms with van der Waals surface area (Å²) in [6.07, 6.45) is 0. The van der Waals surface area contributed by atoms with E-state index in [1.54, 1.807) is 0 Å². The fourth-order valence-electron chi connectivity index (χ4n) is 1.10. The molecule has 10 nitrogen and oxygen atoms in total. The zero-order chi connectivity index (χ0) is 14.2. The molecule has 3 atom stereocenters. The van der Waals surface area contributed by atoms with E-state index in [1.165, 1.54) is 6.07 Å². The van der Waals surface area contributed by atoms with Gasteiger partial charge in [0.05, 0.1) is 8.88 Å². The topological polar surface area (TPSA) is 149 Å². The zero-order valence-corrected chi connectivity index (χ0v) is 11.8. The first-order chi connectivity index (χ1) is 8.91. The normalized spacial score (nSPS) is 26.7. The Morgan fingerprint density at radius 2 is 1.84 bits per heavy atom. The molecule has 1 aromatic carbocycles. The summed E-state index contributed by atoms with van der Waals surface area (Å²) < 4.78 is 6.07. The van der Waals surface area contributed by atoms with E-state index < -0.39 is 43.0 Å². The summed E-state index contributed by atoms with van der Waals surface area (Å²) >= 11 is 0. The maximum absolute atomic E-state index is 9.55. The highest BCUT2D eigenvalue weighted by Crippen LogP contribution is 2.62. The molecule has 2 rings (SSSR count). The van der Waals surface area contributed by atoms with E-state index in [0.29, 0.717) is 9.21 Å². The van der Waals surface area contributed by atoms with Crippen molar-refractivity contribution >= 4 is 25.8 Å². The number of aromatic hydroxyl groups is 3. The van der Waals surface area contributed by atoms with Crippen LogP contribution in [-0.4, -0.2) is 39.8 Å². The summed E-state index contributed by atoms with van der Waals surface area (Å²) in [5.74, 6) is -2.18. The molecule has 7 N–H and O–H groups in total. The summed E-state index contributed by atoms with van der Waals surface area (Å²) in [5, 5.41) is 46.7. The van der Waals surface area contributed by atoms with Crippen molar-refractivity contribution in [3.05, 3.63) is 12.1 Å². The number of hydrogen-bond acceptors (Lipinski definition) is 10. The van der Waals surface area contributed by atoms with Crippen LogP contribution in [0.5, 0.6) is 23.0 Å². The standard InChI is InChI=1S/C6H10N3O7P3/c10-3-1-2-4(6(12)5(3)11)16-18-7-17-8(13)19(15)9(18)14/h1-2,7,10-15,17H. The van der Waals surface area contributed by atoms with Crippen molar-refractivity contribution in [3.63, 3.8) is 0 Å². The van der Waals surface area contributed by atoms with Gasteiger partial charge in [-0.3, -0.25) is 5.21 Å². The van der Waals surface area contributed by atoms with Crippen LogP contribution in [0.3, 0.4) is 0 Å². The van der Waals surface area contributed by atoms with E-state index in [4.69, 9.17) is 14.8 Å². The highest BCUT2D eigenvalue weighted by molar-refractivity contribution is 7.74. The second-order valence-corrected chi connectivity index (χ2v) is 7.83. The van der Waals surface area contributed by atoms with Crippen LogP contribution in [0.4, 0.5) is 0 Å². The van der Waals surface area contributed by atoms with Crippen LogP contribution < -0.4 is 9.38 Å². The van der Waals surface area contributed by atoms with Crippen LogP contribution in [0.15, 0.2) is 12.1 Å². The molecule has 1 heterocycles. The minimum absolute atomic E-state index is 0.201. The molecule has 0 radical (unpaired) electrons. The Morgan fingerprint density at radius 3 is 2.53 bits per heavy atom. The third-order valence-corrected chi connectivity index (χ3v) is 6.54. The molecule has 0 aliphatic carbocycles. The van der Waals surface area contributed by atoms with E-state index in [1.807, 2.05) is 0 Å². The minimum Gasteiger partial charge on any atom is -0.504 e. The fraction of sp³-hybridized carbons (Fsp3) is 0. The van der Waals surface area contributed by atoms with Gasteiger partial charge in [0.2, 0.25) is 19.9 Å². The van der Waals surface area contributed by atoms with Gasteiger partial charge in [-0.25, -0.2) is 4.86 Å². The Bertz CT molecular complexity index is 480. The van der Waals surface area contributed by atoms with E-state index >= 15 is 0 Å². The van der Waals surface area contributed by atoms with E-state index in [0.717, 1.165) is 6.07 Å². The number of nitrogens with zero attached hydrogens (tertiary/aromatic N) is 2. The Hall–Kier alpha value is -0.530. The van der Waals surface area contributed by atoms with Gasteiger partial charge in [0.1, 0.15) is 0 Å². The molecule has 1 aliphatic rings. The molecular weight excluding hydrogens is 319 g/mol. The van der Waals surface area contributed by atoms with Crippen molar-refractivity contribution in [1.29, 1.82) is 0 Å². The predicted molar refractivity (Wildman–Crippen MR) is 66.8 cm³/mol. The maximum Gasteiger partial charge on any atom is 0.282 e. The smallest absolute Gasteiger partial charge is 0.282 e. The van der Waals surface area contributed by atoms with Crippen LogP contribution in [0, 0.1) is 0 Å². The number of nitrogens with one attached hydrogen (secondary N) is 1. The van der Waals surface area contributed by atoms with Crippen molar-refractivity contribution in [3.8, 4) is 23.0 Å². The van der Waals surface area contributed by atoms with Gasteiger partial charge in [0.25, 0.3) is 8.45 Å². The Balaban J connectivity index is 2.16. The van der Waals surface area contributed by atoms with Crippen LogP contribution in [0.1, 0.15) is 0 Å². The first kappa shape index (κ1) is 14.9. The Labute approximate surface area is 111 Å². The number of benzene rings is 1. The van der Waals surface area contributed by atoms with Crippen molar-refractivity contribution in [1.82, 2.24) is 14.1 Å². The van der Waals surface area contributed by atoms with Gasteiger partial charge in [-0.05, 0) is 12.1 Å². The molecule has 1 fully saturated rings. The molecule has 1 aliphatic heterocycles. The number of phenols is 3. The third kappa shape index (κ3) is 2.98. The van der Waals surface area contributed by atoms with Crippen LogP contribution >= 0.6 is 25.8 Å². The highest BCUT2D eigenvalue weighted by atomic mass is 31.3. The summed E-state index contributed by atoms with van der Waals surface area (Å²) in [5.41, 5.74) is 0. The third-order valence-electron chi connectivity index (χ3n) is 2.02. The lowest BCUT2D eigenvalue weighted by atomic mass is 10.3. The molecule has 1 aromatic rings. The fourth-order valence-corrected chi connectivity index (χ4v) is 5.46. The van der Waals surface area contributed by atoms with Gasteiger partial charge >= 0.3 is 0 Å². The lowest BCUT2D eigenvalue weighted by Gasteiger charge is -2.35. The predicted octanol–water partition coefficient (Wildman–Crippen LogP) is 1.12. The van der Waals surface area contributed by atoms with Gasteiger partial charge < -0.3 is 29.9 Å². The summed E-state index contributed by atoms with van der Waals surface area (Å²) in [6, 6.07) is 2.27. The number of phenolic OH excluding ortho intramolecular Hbond substituents is 3. The molecule has 19 heavy (non-hydrogen) atoms. The van der Waals surface area contributed by atoms with E-state index in [-0.39, 0.29) is 5.75 Å². The second kappa shape index (κ2) is 5.85. The summed E-state index contributed by atoms with van der Waals surface area (Å²) in [4.78, 5) is 12.0. The van der Waals surface area contributed by atoms with Gasteiger partial charge in [0.15, 0.2) is 11.5 Å². The van der Waals surface area contributed by atoms with E-state index in [9.17, 15) is 20.3 Å². The number of rotatable bonds is 2. The average Bonchev–Trinajstić information content (AvgIpc) is 2.39. The largest absolute Gasteiger partial charge is 0.504 e. The SMILES string of the molecule is Oc1ccc(OP2NPN(O)P(O)N2O)c(O)c1O. The Kier molecular flexibility index (Phi) is 4.58. The van der Waals surface area contributed by atoms with Gasteiger partial charge in [-0.1, -0.05) is 9.21 Å². The van der Waals surface area contributed by atoms with Gasteiger partial charge in [-0.2, -0.15) is 0 Å². The lowest BCUT2D eigenvalue weighted by molar-refractivity contribution is 0.0322. The minimum atomic E-state index is -2.34. The van der Waals surface area contributed by atoms with Crippen molar-refractivity contribution in [2.75, 3.05) is 0 Å². The molecule has 0 saturated carbocycles. The quantitative estimate of drug-likeness (QED) is 0.311. The van der Waals surface area contributed by atoms with E-state index in [2.05, 4.69) is 4.86 Å². The molecule has 3 unspecified atom stereocenters. The molecule has 0 amide bonds. The first-order valence-electron chi connectivity index (χ1n) is 4.62. The van der Waals surface area contributed by atoms with Crippen molar-refractivity contribution in [2.24, 2.45) is 0 Å². The average molecular weight is 329 g/mol. The second-order valence-electron chi connectivity index (χ2n) is 3.19. The Morgan fingerprint density at radius 1 is 1.16 bits per heavy atom. The van der Waals surface area contributed by atoms with Crippen LogP contribution in [0.25, 0.3) is 0 Å². The van der Waals surface area contributed by atoms with Crippen LogP contribution in [0.2, 0.25) is 0 Å².